The highest BCUT2D eigenvalue weighted by Gasteiger charge is 2.26. The number of carboxylic acid groups (broad SMARTS) is 1. The van der Waals surface area contributed by atoms with Crippen LogP contribution in [-0.4, -0.2) is 55.6 Å². The number of rotatable bonds is 8. The molecule has 10 nitrogen and oxygen atoms in total. The highest BCUT2D eigenvalue weighted by molar-refractivity contribution is 5.95. The number of anilines is 1. The summed E-state index contributed by atoms with van der Waals surface area (Å²) in [6, 6.07) is 9.02. The van der Waals surface area contributed by atoms with E-state index in [0.29, 0.717) is 40.7 Å². The molecule has 0 saturated heterocycles. The van der Waals surface area contributed by atoms with Crippen LogP contribution in [0.3, 0.4) is 0 Å². The molecule has 2 saturated carbocycles. The first-order valence-corrected chi connectivity index (χ1v) is 12.2. The van der Waals surface area contributed by atoms with Crippen LogP contribution in [-0.2, 0) is 0 Å². The van der Waals surface area contributed by atoms with Crippen molar-refractivity contribution in [1.29, 1.82) is 0 Å². The summed E-state index contributed by atoms with van der Waals surface area (Å²) in [6.07, 6.45) is 5.14. The molecular formula is C25H30N6O4. The van der Waals surface area contributed by atoms with Gasteiger partial charge in [-0.25, -0.2) is 4.79 Å². The van der Waals surface area contributed by atoms with Crippen molar-refractivity contribution in [3.63, 3.8) is 0 Å². The summed E-state index contributed by atoms with van der Waals surface area (Å²) >= 11 is 0. The average Bonchev–Trinajstić information content (AvgIpc) is 3.31. The maximum absolute atomic E-state index is 12.4. The Kier molecular flexibility index (Phi) is 6.27. The number of nitrogens with zero attached hydrogens (tertiary/aromatic N) is 5. The van der Waals surface area contributed by atoms with Crippen molar-refractivity contribution in [2.45, 2.75) is 64.5 Å². The third kappa shape index (κ3) is 5.06. The Morgan fingerprint density at radius 1 is 1.14 bits per heavy atom. The van der Waals surface area contributed by atoms with E-state index in [4.69, 9.17) is 4.74 Å². The zero-order valence-corrected chi connectivity index (χ0v) is 20.0. The third-order valence-electron chi connectivity index (χ3n) is 6.31. The Morgan fingerprint density at radius 3 is 2.49 bits per heavy atom. The van der Waals surface area contributed by atoms with E-state index >= 15 is 0 Å². The molecule has 0 unspecified atom stereocenters. The Hall–Kier alpha value is -3.69. The molecule has 0 aliphatic heterocycles. The molecule has 0 bridgehead atoms. The van der Waals surface area contributed by atoms with E-state index in [2.05, 4.69) is 20.6 Å². The van der Waals surface area contributed by atoms with Gasteiger partial charge in [0, 0.05) is 29.8 Å². The molecule has 2 aromatic heterocycles. The molecular weight excluding hydrogens is 448 g/mol. The van der Waals surface area contributed by atoms with Crippen LogP contribution in [0.2, 0.25) is 0 Å². The first-order valence-electron chi connectivity index (χ1n) is 12.2. The smallest absolute Gasteiger partial charge is 0.411 e. The average molecular weight is 479 g/mol. The summed E-state index contributed by atoms with van der Waals surface area (Å²) in [4.78, 5) is 25.8. The minimum atomic E-state index is -1.07. The maximum Gasteiger partial charge on any atom is 0.411 e. The Bertz CT molecular complexity index is 1230. The van der Waals surface area contributed by atoms with Crippen LogP contribution in [0.25, 0.3) is 17.0 Å². The lowest BCUT2D eigenvalue weighted by atomic mass is 10.1. The van der Waals surface area contributed by atoms with Crippen LogP contribution in [0.5, 0.6) is 5.88 Å². The van der Waals surface area contributed by atoms with E-state index in [9.17, 15) is 14.7 Å². The lowest BCUT2D eigenvalue weighted by Gasteiger charge is -2.22. The second-order valence-corrected chi connectivity index (χ2v) is 9.76. The zero-order chi connectivity index (χ0) is 24.5. The van der Waals surface area contributed by atoms with Gasteiger partial charge in [-0.3, -0.25) is 9.69 Å². The molecule has 0 radical (unpaired) electrons. The molecule has 10 heteroatoms. The molecule has 3 aromatic rings. The minimum absolute atomic E-state index is 0.0559. The van der Waals surface area contributed by atoms with E-state index in [1.165, 1.54) is 9.42 Å². The van der Waals surface area contributed by atoms with Gasteiger partial charge in [-0.05, 0) is 56.6 Å². The fourth-order valence-electron chi connectivity index (χ4n) is 4.37. The summed E-state index contributed by atoms with van der Waals surface area (Å²) in [6.45, 7) is 4.21. The molecule has 0 spiro atoms. The monoisotopic (exact) mass is 478 g/mol. The van der Waals surface area contributed by atoms with Crippen LogP contribution in [0.4, 0.5) is 10.5 Å². The molecule has 2 fully saturated rings. The fraction of sp³-hybridized carbons (Fsp3) is 0.480. The van der Waals surface area contributed by atoms with Crippen molar-refractivity contribution in [3.05, 3.63) is 35.9 Å². The second-order valence-electron chi connectivity index (χ2n) is 9.76. The van der Waals surface area contributed by atoms with Gasteiger partial charge in [0.25, 0.3) is 5.91 Å². The van der Waals surface area contributed by atoms with E-state index in [-0.39, 0.29) is 24.0 Å². The van der Waals surface area contributed by atoms with E-state index < -0.39 is 6.09 Å². The van der Waals surface area contributed by atoms with Crippen LogP contribution >= 0.6 is 0 Å². The van der Waals surface area contributed by atoms with Crippen LogP contribution < -0.4 is 15.0 Å². The minimum Gasteiger partial charge on any atom is -0.473 e. The molecule has 2 N–H and O–H groups in total. The van der Waals surface area contributed by atoms with Crippen molar-refractivity contribution in [2.24, 2.45) is 5.92 Å². The van der Waals surface area contributed by atoms with Gasteiger partial charge in [-0.15, -0.1) is 15.3 Å². The largest absolute Gasteiger partial charge is 0.473 e. The number of nitrogens with one attached hydrogen (secondary N) is 1. The van der Waals surface area contributed by atoms with Crippen LogP contribution in [0.1, 0.15) is 62.7 Å². The van der Waals surface area contributed by atoms with Gasteiger partial charge >= 0.3 is 6.09 Å². The summed E-state index contributed by atoms with van der Waals surface area (Å²) in [5.41, 5.74) is 2.00. The van der Waals surface area contributed by atoms with Gasteiger partial charge in [0.05, 0.1) is 5.69 Å². The lowest BCUT2D eigenvalue weighted by Crippen LogP contribution is -2.33. The number of benzene rings is 1. The van der Waals surface area contributed by atoms with Gasteiger partial charge in [0.1, 0.15) is 6.10 Å². The molecule has 5 rings (SSSR count). The Labute approximate surface area is 203 Å². The summed E-state index contributed by atoms with van der Waals surface area (Å²) < 4.78 is 7.69. The molecule has 184 valence electrons. The van der Waals surface area contributed by atoms with E-state index in [1.807, 2.05) is 13.8 Å². The van der Waals surface area contributed by atoms with E-state index in [1.54, 1.807) is 30.3 Å². The Morgan fingerprint density at radius 2 is 1.86 bits per heavy atom. The first kappa shape index (κ1) is 23.1. The molecule has 35 heavy (non-hydrogen) atoms. The maximum atomic E-state index is 12.4. The SMILES string of the molecule is CC(C)CN(C(=O)O)c1cc(OC2CCCC2)nn2c(-c3ccc(C(=O)NC4CC4)cc3)nnc12. The summed E-state index contributed by atoms with van der Waals surface area (Å²) in [7, 11) is 0. The first-order chi connectivity index (χ1) is 16.9. The number of hydrogen-bond acceptors (Lipinski definition) is 6. The quantitative estimate of drug-likeness (QED) is 0.499. The van der Waals surface area contributed by atoms with Crippen molar-refractivity contribution in [1.82, 2.24) is 25.1 Å². The fourth-order valence-corrected chi connectivity index (χ4v) is 4.37. The van der Waals surface area contributed by atoms with E-state index in [0.717, 1.165) is 38.5 Å². The van der Waals surface area contributed by atoms with Crippen molar-refractivity contribution in [3.8, 4) is 17.3 Å². The van der Waals surface area contributed by atoms with Crippen molar-refractivity contribution in [2.75, 3.05) is 11.4 Å². The number of hydrogen-bond donors (Lipinski definition) is 2. The summed E-state index contributed by atoms with van der Waals surface area (Å²) in [5, 5.41) is 26.2. The highest BCUT2D eigenvalue weighted by atomic mass is 16.5. The molecule has 2 amide bonds. The number of carbonyl (C=O) groups is 2. The van der Waals surface area contributed by atoms with Crippen molar-refractivity contribution < 1.29 is 19.4 Å². The number of carbonyl (C=O) groups excluding carboxylic acids is 1. The van der Waals surface area contributed by atoms with Crippen LogP contribution in [0.15, 0.2) is 30.3 Å². The number of ether oxygens (including phenoxy) is 1. The number of fused-ring (bicyclic) bond motifs is 1. The number of amides is 2. The summed E-state index contributed by atoms with van der Waals surface area (Å²) in [5.74, 6) is 0.803. The predicted molar refractivity (Wildman–Crippen MR) is 130 cm³/mol. The predicted octanol–water partition coefficient (Wildman–Crippen LogP) is 4.15. The standard InChI is InChI=1S/C25H30N6O4/c1-15(2)14-30(25(33)34)20-13-21(35-19-5-3-4-6-19)29-31-22(27-28-23(20)31)16-7-9-17(10-8-16)24(32)26-18-11-12-18/h7-10,13,15,18-19H,3-6,11-12,14H2,1-2H3,(H,26,32)(H,33,34). The van der Waals surface area contributed by atoms with Gasteiger partial charge in [0.2, 0.25) is 11.5 Å². The topological polar surface area (TPSA) is 122 Å². The normalized spacial score (nSPS) is 16.1. The molecule has 2 aliphatic rings. The lowest BCUT2D eigenvalue weighted by molar-refractivity contribution is 0.0951. The van der Waals surface area contributed by atoms with Gasteiger partial charge in [-0.2, -0.15) is 4.52 Å². The molecule has 2 heterocycles. The van der Waals surface area contributed by atoms with Gasteiger partial charge in [0.15, 0.2) is 5.82 Å². The molecule has 2 aliphatic carbocycles. The van der Waals surface area contributed by atoms with Crippen molar-refractivity contribution >= 4 is 23.3 Å². The molecule has 1 aromatic carbocycles. The Balaban J connectivity index is 1.54. The van der Waals surface area contributed by atoms with Gasteiger partial charge < -0.3 is 15.2 Å². The highest BCUT2D eigenvalue weighted by Crippen LogP contribution is 2.31. The zero-order valence-electron chi connectivity index (χ0n) is 20.0. The van der Waals surface area contributed by atoms with Crippen LogP contribution in [0, 0.1) is 5.92 Å². The molecule has 0 atom stereocenters. The second kappa shape index (κ2) is 9.52. The third-order valence-corrected chi connectivity index (χ3v) is 6.31. The number of aromatic nitrogens is 4. The van der Waals surface area contributed by atoms with Gasteiger partial charge in [-0.1, -0.05) is 26.0 Å².